The maximum Gasteiger partial charge on any atom is 0.331 e. The first-order valence-corrected chi connectivity index (χ1v) is 8.35. The van der Waals surface area contributed by atoms with E-state index in [9.17, 15) is 9.59 Å². The number of esters is 1. The summed E-state index contributed by atoms with van der Waals surface area (Å²) in [5, 5.41) is 13.9. The average molecular weight is 343 g/mol. The highest BCUT2D eigenvalue weighted by Gasteiger charge is 2.41. The number of nitrogens with one attached hydrogen (secondary N) is 1. The molecule has 2 aromatic rings. The summed E-state index contributed by atoms with van der Waals surface area (Å²) in [6, 6.07) is 7.38. The molecule has 1 aromatic carbocycles. The molecular weight excluding hydrogens is 322 g/mol. The number of hydrogen-bond acceptors (Lipinski definition) is 6. The van der Waals surface area contributed by atoms with Crippen LogP contribution >= 0.6 is 0 Å². The van der Waals surface area contributed by atoms with Crippen molar-refractivity contribution in [1.29, 1.82) is 0 Å². The zero-order valence-electron chi connectivity index (χ0n) is 14.1. The number of methoxy groups -OCH3 is 1. The van der Waals surface area contributed by atoms with E-state index in [1.807, 2.05) is 24.3 Å². The number of carbonyl (C=O) groups excluding carboxylic acids is 2. The van der Waals surface area contributed by atoms with Crippen LogP contribution in [0.1, 0.15) is 37.7 Å². The zero-order chi connectivity index (χ0) is 17.7. The molecule has 1 amide bonds. The van der Waals surface area contributed by atoms with Gasteiger partial charge >= 0.3 is 5.97 Å². The topological polar surface area (TPSA) is 99.0 Å². The van der Waals surface area contributed by atoms with Gasteiger partial charge in [0.15, 0.2) is 0 Å². The first-order valence-electron chi connectivity index (χ1n) is 8.35. The molecule has 0 spiro atoms. The van der Waals surface area contributed by atoms with Gasteiger partial charge in [0.25, 0.3) is 0 Å². The van der Waals surface area contributed by atoms with Gasteiger partial charge in [0.1, 0.15) is 11.9 Å². The third-order valence-corrected chi connectivity index (χ3v) is 4.58. The molecule has 0 unspecified atom stereocenters. The van der Waals surface area contributed by atoms with Gasteiger partial charge in [0, 0.05) is 0 Å². The molecular formula is C17H21N5O3. The van der Waals surface area contributed by atoms with Crippen molar-refractivity contribution in [3.8, 4) is 5.69 Å². The number of aromatic nitrogens is 4. The van der Waals surface area contributed by atoms with Crippen molar-refractivity contribution in [3.05, 3.63) is 36.2 Å². The maximum absolute atomic E-state index is 12.5. The van der Waals surface area contributed by atoms with Crippen LogP contribution < -0.4 is 5.32 Å². The Morgan fingerprint density at radius 1 is 1.20 bits per heavy atom. The summed E-state index contributed by atoms with van der Waals surface area (Å²) in [4.78, 5) is 24.7. The Kier molecular flexibility index (Phi) is 5.06. The van der Waals surface area contributed by atoms with E-state index < -0.39 is 5.54 Å². The smallest absolute Gasteiger partial charge is 0.331 e. The largest absolute Gasteiger partial charge is 0.467 e. The number of nitrogens with zero attached hydrogens (tertiary/aromatic N) is 4. The highest BCUT2D eigenvalue weighted by atomic mass is 16.5. The highest BCUT2D eigenvalue weighted by Crippen LogP contribution is 2.29. The van der Waals surface area contributed by atoms with Gasteiger partial charge in [-0.05, 0) is 41.0 Å². The molecule has 0 radical (unpaired) electrons. The van der Waals surface area contributed by atoms with E-state index in [-0.39, 0.29) is 18.3 Å². The summed E-state index contributed by atoms with van der Waals surface area (Å²) < 4.78 is 6.47. The summed E-state index contributed by atoms with van der Waals surface area (Å²) in [6.45, 7) is 0. The van der Waals surface area contributed by atoms with Crippen LogP contribution in [0.3, 0.4) is 0 Å². The van der Waals surface area contributed by atoms with E-state index >= 15 is 0 Å². The van der Waals surface area contributed by atoms with Crippen LogP contribution in [-0.2, 0) is 20.7 Å². The normalized spacial score (nSPS) is 16.2. The predicted octanol–water partition coefficient (Wildman–Crippen LogP) is 1.20. The van der Waals surface area contributed by atoms with Gasteiger partial charge in [-0.25, -0.2) is 9.48 Å². The maximum atomic E-state index is 12.5. The standard InChI is InChI=1S/C17H21N5O3/c1-25-16(24)17(9-3-2-4-10-17)19-15(23)11-13-5-7-14(8-6-13)22-12-18-20-21-22/h5-8,12H,2-4,9-11H2,1H3,(H,19,23). The molecule has 132 valence electrons. The fraction of sp³-hybridized carbons (Fsp3) is 0.471. The van der Waals surface area contributed by atoms with E-state index in [1.54, 1.807) is 0 Å². The molecule has 0 aliphatic heterocycles. The van der Waals surface area contributed by atoms with Crippen LogP contribution in [0.2, 0.25) is 0 Å². The summed E-state index contributed by atoms with van der Waals surface area (Å²) in [5.74, 6) is -0.531. The molecule has 25 heavy (non-hydrogen) atoms. The molecule has 3 rings (SSSR count). The minimum absolute atomic E-state index is 0.178. The van der Waals surface area contributed by atoms with Gasteiger partial charge in [0.05, 0.1) is 19.2 Å². The Balaban J connectivity index is 1.66. The quantitative estimate of drug-likeness (QED) is 0.819. The fourth-order valence-corrected chi connectivity index (χ4v) is 3.27. The highest BCUT2D eigenvalue weighted by molar-refractivity contribution is 5.89. The Bertz CT molecular complexity index is 721. The van der Waals surface area contributed by atoms with Crippen LogP contribution in [0.5, 0.6) is 0 Å². The van der Waals surface area contributed by atoms with E-state index in [2.05, 4.69) is 20.8 Å². The molecule has 1 aliphatic rings. The third-order valence-electron chi connectivity index (χ3n) is 4.58. The van der Waals surface area contributed by atoms with Crippen molar-refractivity contribution < 1.29 is 14.3 Å². The second-order valence-corrected chi connectivity index (χ2v) is 6.28. The molecule has 1 aliphatic carbocycles. The van der Waals surface area contributed by atoms with E-state index in [1.165, 1.54) is 18.1 Å². The number of amides is 1. The van der Waals surface area contributed by atoms with Crippen LogP contribution in [0, 0.1) is 0 Å². The predicted molar refractivity (Wildman–Crippen MR) is 88.8 cm³/mol. The van der Waals surface area contributed by atoms with Gasteiger partial charge in [-0.3, -0.25) is 4.79 Å². The molecule has 1 saturated carbocycles. The molecule has 1 N–H and O–H groups in total. The van der Waals surface area contributed by atoms with Gasteiger partial charge in [-0.1, -0.05) is 31.4 Å². The summed E-state index contributed by atoms with van der Waals surface area (Å²) in [5.41, 5.74) is 0.786. The van der Waals surface area contributed by atoms with Crippen LogP contribution in [-0.4, -0.2) is 44.7 Å². The molecule has 1 fully saturated rings. The zero-order valence-corrected chi connectivity index (χ0v) is 14.1. The van der Waals surface area contributed by atoms with Crippen molar-refractivity contribution >= 4 is 11.9 Å². The molecule has 0 atom stereocenters. The number of hydrogen-bond donors (Lipinski definition) is 1. The van der Waals surface area contributed by atoms with E-state index in [0.717, 1.165) is 30.5 Å². The van der Waals surface area contributed by atoms with Gasteiger partial charge < -0.3 is 10.1 Å². The number of ether oxygens (including phenoxy) is 1. The Hall–Kier alpha value is -2.77. The molecule has 1 heterocycles. The second kappa shape index (κ2) is 7.42. The van der Waals surface area contributed by atoms with Gasteiger partial charge in [0.2, 0.25) is 5.91 Å². The van der Waals surface area contributed by atoms with Crippen molar-refractivity contribution in [2.45, 2.75) is 44.1 Å². The minimum atomic E-state index is -0.879. The van der Waals surface area contributed by atoms with Crippen molar-refractivity contribution in [1.82, 2.24) is 25.5 Å². The Labute approximate surface area is 145 Å². The Morgan fingerprint density at radius 2 is 1.92 bits per heavy atom. The second-order valence-electron chi connectivity index (χ2n) is 6.28. The lowest BCUT2D eigenvalue weighted by Crippen LogP contribution is -2.56. The van der Waals surface area contributed by atoms with E-state index in [4.69, 9.17) is 4.74 Å². The number of rotatable bonds is 5. The van der Waals surface area contributed by atoms with Crippen molar-refractivity contribution in [3.63, 3.8) is 0 Å². The van der Waals surface area contributed by atoms with Crippen LogP contribution in [0.15, 0.2) is 30.6 Å². The first-order chi connectivity index (χ1) is 12.1. The van der Waals surface area contributed by atoms with Crippen LogP contribution in [0.25, 0.3) is 5.69 Å². The van der Waals surface area contributed by atoms with E-state index in [0.29, 0.717) is 12.8 Å². The number of carbonyl (C=O) groups is 2. The van der Waals surface area contributed by atoms with Crippen molar-refractivity contribution in [2.75, 3.05) is 7.11 Å². The third kappa shape index (κ3) is 3.84. The monoisotopic (exact) mass is 343 g/mol. The van der Waals surface area contributed by atoms with Crippen molar-refractivity contribution in [2.24, 2.45) is 0 Å². The summed E-state index contributed by atoms with van der Waals surface area (Å²) in [6.07, 6.45) is 5.87. The lowest BCUT2D eigenvalue weighted by Gasteiger charge is -2.35. The Morgan fingerprint density at radius 3 is 2.52 bits per heavy atom. The SMILES string of the molecule is COC(=O)C1(NC(=O)Cc2ccc(-n3cnnn3)cc2)CCCCC1. The van der Waals surface area contributed by atoms with Crippen LogP contribution in [0.4, 0.5) is 0 Å². The molecule has 8 nitrogen and oxygen atoms in total. The van der Waals surface area contributed by atoms with Gasteiger partial charge in [-0.15, -0.1) is 5.10 Å². The molecule has 8 heteroatoms. The summed E-state index contributed by atoms with van der Waals surface area (Å²) in [7, 11) is 1.36. The minimum Gasteiger partial charge on any atom is -0.467 e. The summed E-state index contributed by atoms with van der Waals surface area (Å²) >= 11 is 0. The lowest BCUT2D eigenvalue weighted by atomic mass is 9.81. The fourth-order valence-electron chi connectivity index (χ4n) is 3.27. The van der Waals surface area contributed by atoms with Gasteiger partial charge in [-0.2, -0.15) is 0 Å². The lowest BCUT2D eigenvalue weighted by molar-refractivity contribution is -0.152. The molecule has 1 aromatic heterocycles. The first kappa shape index (κ1) is 17.1. The molecule has 0 saturated heterocycles. The number of benzene rings is 1. The average Bonchev–Trinajstić information content (AvgIpc) is 3.17. The number of tetrazole rings is 1. The molecule has 0 bridgehead atoms.